The lowest BCUT2D eigenvalue weighted by Gasteiger charge is -2.39. The van der Waals surface area contributed by atoms with Gasteiger partial charge < -0.3 is 33.0 Å². The number of hydrogen-bond acceptors (Lipinski definition) is 11. The summed E-state index contributed by atoms with van der Waals surface area (Å²) in [6.07, 6.45) is -2.59. The Morgan fingerprint density at radius 1 is 0.945 bits per heavy atom. The summed E-state index contributed by atoms with van der Waals surface area (Å²) in [6.45, 7) is 7.97. The molecule has 1 N–H and O–H groups in total. The summed E-state index contributed by atoms with van der Waals surface area (Å²) in [5.41, 5.74) is 0.886. The van der Waals surface area contributed by atoms with E-state index < -0.39 is 44.3 Å². The summed E-state index contributed by atoms with van der Waals surface area (Å²) < 4.78 is 58.3. The van der Waals surface area contributed by atoms with Gasteiger partial charge in [-0.25, -0.2) is 19.0 Å². The van der Waals surface area contributed by atoms with Crippen LogP contribution in [0.3, 0.4) is 0 Å². The quantitative estimate of drug-likeness (QED) is 0.0590. The number of nitriles is 1. The molecule has 0 aliphatic carbocycles. The summed E-state index contributed by atoms with van der Waals surface area (Å²) in [6, 6.07) is 27.0. The Hall–Kier alpha value is -4.74. The predicted octanol–water partition coefficient (Wildman–Crippen LogP) is 7.04. The second-order valence-electron chi connectivity index (χ2n) is 13.5. The van der Waals surface area contributed by atoms with Gasteiger partial charge in [0.05, 0.1) is 52.6 Å². The molecular weight excluding hydrogens is 726 g/mol. The predicted molar refractivity (Wildman–Crippen MR) is 205 cm³/mol. The Morgan fingerprint density at radius 3 is 2.11 bits per heavy atom. The number of alkyl halides is 1. The van der Waals surface area contributed by atoms with Crippen molar-refractivity contribution in [1.82, 2.24) is 24.2 Å². The molecule has 1 aliphatic rings. The molecule has 3 heterocycles. The van der Waals surface area contributed by atoms with Gasteiger partial charge in [0.2, 0.25) is 0 Å². The van der Waals surface area contributed by atoms with Gasteiger partial charge in [-0.05, 0) is 68.7 Å². The number of methoxy groups -OCH3 is 2. The van der Waals surface area contributed by atoms with Crippen LogP contribution in [0.1, 0.15) is 57.0 Å². The lowest BCUT2D eigenvalue weighted by molar-refractivity contribution is -0.0919. The summed E-state index contributed by atoms with van der Waals surface area (Å²) >= 11 is 0. The molecule has 55 heavy (non-hydrogen) atoms. The molecule has 3 aromatic carbocycles. The van der Waals surface area contributed by atoms with Gasteiger partial charge in [-0.15, -0.1) is 0 Å². The molecule has 15 heteroatoms. The lowest BCUT2D eigenvalue weighted by Crippen LogP contribution is -2.41. The van der Waals surface area contributed by atoms with Crippen LogP contribution < -0.4 is 15.0 Å². The van der Waals surface area contributed by atoms with Crippen molar-refractivity contribution >= 4 is 19.7 Å². The van der Waals surface area contributed by atoms with Crippen LogP contribution in [0.25, 0.3) is 11.2 Å². The van der Waals surface area contributed by atoms with E-state index >= 15 is 4.39 Å². The largest absolute Gasteiger partial charge is 0.497 e. The number of H-pyrrole nitrogens is 1. The van der Waals surface area contributed by atoms with E-state index in [0.29, 0.717) is 11.5 Å². The van der Waals surface area contributed by atoms with Crippen LogP contribution in [-0.2, 0) is 24.1 Å². The van der Waals surface area contributed by atoms with Crippen LogP contribution in [0.2, 0.25) is 0 Å². The second kappa shape index (κ2) is 17.8. The summed E-state index contributed by atoms with van der Waals surface area (Å²) in [4.78, 5) is 23.6. The minimum absolute atomic E-state index is 0.0385. The van der Waals surface area contributed by atoms with Gasteiger partial charge >= 0.3 is 0 Å². The molecular formula is C40H46FN6O7P. The Balaban J connectivity index is 1.46. The minimum atomic E-state index is -1.89. The van der Waals surface area contributed by atoms with Gasteiger partial charge in [0.15, 0.2) is 23.6 Å². The molecule has 0 saturated carbocycles. The van der Waals surface area contributed by atoms with Crippen molar-refractivity contribution in [2.75, 3.05) is 27.4 Å². The van der Waals surface area contributed by atoms with Crippen molar-refractivity contribution < 1.29 is 32.4 Å². The van der Waals surface area contributed by atoms with Crippen molar-refractivity contribution in [3.8, 4) is 17.6 Å². The van der Waals surface area contributed by atoms with Gasteiger partial charge in [0.1, 0.15) is 29.3 Å². The molecule has 2 aromatic heterocycles. The van der Waals surface area contributed by atoms with Crippen molar-refractivity contribution in [3.05, 3.63) is 119 Å². The highest BCUT2D eigenvalue weighted by Crippen LogP contribution is 2.51. The number of hydrogen-bond donors (Lipinski definition) is 1. The SMILES string of the molecule is COc1ccc(C(OC[C@H]2O[C@@H](n3cnc4c(=O)[nH]cnc43)[C@@H](F)C2OP(OCCC#N)N(C(C)C)C(C)C)(c2ccccc2)c2ccc(OC)cc2)cc1. The van der Waals surface area contributed by atoms with E-state index in [4.69, 9.17) is 28.0 Å². The number of ether oxygens (including phenoxy) is 4. The first kappa shape index (κ1) is 39.9. The molecule has 2 unspecified atom stereocenters. The summed E-state index contributed by atoms with van der Waals surface area (Å²) in [5, 5.41) is 9.31. The molecule has 1 saturated heterocycles. The van der Waals surface area contributed by atoms with E-state index in [2.05, 4.69) is 21.0 Å². The van der Waals surface area contributed by atoms with Gasteiger partial charge in [0.25, 0.3) is 14.1 Å². The van der Waals surface area contributed by atoms with E-state index in [9.17, 15) is 10.1 Å². The highest BCUT2D eigenvalue weighted by Gasteiger charge is 2.51. The molecule has 13 nitrogen and oxygen atoms in total. The summed E-state index contributed by atoms with van der Waals surface area (Å²) in [5.74, 6) is 1.33. The van der Waals surface area contributed by atoms with Gasteiger partial charge in [-0.2, -0.15) is 5.26 Å². The number of nitrogens with zero attached hydrogens (tertiary/aromatic N) is 5. The molecule has 0 spiro atoms. The van der Waals surface area contributed by atoms with Crippen molar-refractivity contribution in [3.63, 3.8) is 0 Å². The molecule has 0 radical (unpaired) electrons. The number of rotatable bonds is 17. The van der Waals surface area contributed by atoms with E-state index in [1.165, 1.54) is 17.2 Å². The fourth-order valence-electron chi connectivity index (χ4n) is 6.91. The van der Waals surface area contributed by atoms with E-state index in [1.807, 2.05) is 111 Å². The first-order valence-corrected chi connectivity index (χ1v) is 19.2. The Labute approximate surface area is 320 Å². The van der Waals surface area contributed by atoms with Crippen LogP contribution in [0, 0.1) is 11.3 Å². The molecule has 6 rings (SSSR count). The lowest BCUT2D eigenvalue weighted by atomic mass is 9.80. The van der Waals surface area contributed by atoms with Crippen LogP contribution >= 0.6 is 8.53 Å². The van der Waals surface area contributed by atoms with Crippen molar-refractivity contribution in [2.24, 2.45) is 0 Å². The topological polar surface area (TPSA) is 146 Å². The number of fused-ring (bicyclic) bond motifs is 1. The third kappa shape index (κ3) is 8.28. The summed E-state index contributed by atoms with van der Waals surface area (Å²) in [7, 11) is 1.32. The Bertz CT molecular complexity index is 2040. The standard InChI is InChI=1S/C40H46FN6O7P/c1-26(2)47(27(3)4)55(52-22-10-21-42)54-36-33(53-39(34(36)41)46-25-45-35-37(46)43-24-44-38(35)48)23-51-40(28-11-8-7-9-12-28,29-13-17-31(49-5)18-14-29)30-15-19-32(50-6)20-16-30/h7-9,11-20,24-27,33-34,36,39H,10,22-23H2,1-6H3,(H,43,44,48)/t33-,34+,36?,39-,55?/m1/s1. The zero-order chi connectivity index (χ0) is 39.1. The first-order chi connectivity index (χ1) is 26.6. The molecule has 290 valence electrons. The highest BCUT2D eigenvalue weighted by molar-refractivity contribution is 7.44. The molecule has 1 fully saturated rings. The maximum absolute atomic E-state index is 17.3. The molecule has 0 amide bonds. The average Bonchev–Trinajstić information content (AvgIpc) is 3.76. The Morgan fingerprint density at radius 2 is 1.55 bits per heavy atom. The zero-order valence-corrected chi connectivity index (χ0v) is 32.6. The fourth-order valence-corrected chi connectivity index (χ4v) is 8.67. The molecule has 0 bridgehead atoms. The third-order valence-electron chi connectivity index (χ3n) is 9.42. The van der Waals surface area contributed by atoms with Crippen LogP contribution in [-0.4, -0.2) is 82.1 Å². The average molecular weight is 773 g/mol. The van der Waals surface area contributed by atoms with E-state index in [-0.39, 0.29) is 42.9 Å². The molecule has 5 atom stereocenters. The maximum Gasteiger partial charge on any atom is 0.278 e. The maximum atomic E-state index is 17.3. The number of imidazole rings is 1. The number of aromatic amines is 1. The van der Waals surface area contributed by atoms with Gasteiger partial charge in [0, 0.05) is 12.1 Å². The second-order valence-corrected chi connectivity index (χ2v) is 14.9. The number of nitrogens with one attached hydrogen (secondary N) is 1. The smallest absolute Gasteiger partial charge is 0.278 e. The van der Waals surface area contributed by atoms with Gasteiger partial charge in [-0.3, -0.25) is 9.36 Å². The van der Waals surface area contributed by atoms with Crippen LogP contribution in [0.4, 0.5) is 4.39 Å². The number of aromatic nitrogens is 4. The third-order valence-corrected chi connectivity index (χ3v) is 11.5. The fraction of sp³-hybridized carbons (Fsp3) is 0.400. The minimum Gasteiger partial charge on any atom is -0.497 e. The van der Waals surface area contributed by atoms with Crippen molar-refractivity contribution in [2.45, 2.75) is 76.4 Å². The molecule has 5 aromatic rings. The van der Waals surface area contributed by atoms with Crippen molar-refractivity contribution in [1.29, 1.82) is 5.26 Å². The number of halogens is 1. The van der Waals surface area contributed by atoms with Crippen LogP contribution in [0.5, 0.6) is 11.5 Å². The number of benzene rings is 3. The monoisotopic (exact) mass is 772 g/mol. The van der Waals surface area contributed by atoms with E-state index in [1.54, 1.807) is 14.2 Å². The molecule has 1 aliphatic heterocycles. The van der Waals surface area contributed by atoms with Crippen LogP contribution in [0.15, 0.2) is 96.3 Å². The van der Waals surface area contributed by atoms with Gasteiger partial charge in [-0.1, -0.05) is 54.6 Å². The normalized spacial score (nSPS) is 19.3. The zero-order valence-electron chi connectivity index (χ0n) is 31.7. The first-order valence-electron chi connectivity index (χ1n) is 18.1. The van der Waals surface area contributed by atoms with E-state index in [0.717, 1.165) is 16.7 Å². The Kier molecular flexibility index (Phi) is 12.9. The highest BCUT2D eigenvalue weighted by atomic mass is 31.2.